The molecule has 3 aromatic heterocycles. The summed E-state index contributed by atoms with van der Waals surface area (Å²) in [6, 6.07) is 3.36. The number of pyridine rings is 1. The predicted molar refractivity (Wildman–Crippen MR) is 113 cm³/mol. The third-order valence-corrected chi connectivity index (χ3v) is 6.10. The van der Waals surface area contributed by atoms with Gasteiger partial charge in [0.1, 0.15) is 11.8 Å². The fourth-order valence-electron chi connectivity index (χ4n) is 4.64. The first-order valence-corrected chi connectivity index (χ1v) is 10.7. The van der Waals surface area contributed by atoms with Crippen LogP contribution in [0.15, 0.2) is 36.9 Å². The SMILES string of the molecule is Cc1cnc(-c2ncccn2)c(C(=O)N2CC3CCC2C(Oc2ncc(C)nc2F)C3)c1. The van der Waals surface area contributed by atoms with Crippen LogP contribution in [0.25, 0.3) is 11.5 Å². The number of aromatic nitrogens is 5. The topological polar surface area (TPSA) is 94.0 Å². The molecule has 3 atom stereocenters. The van der Waals surface area contributed by atoms with Crippen LogP contribution in [-0.2, 0) is 0 Å². The van der Waals surface area contributed by atoms with E-state index >= 15 is 0 Å². The maximum atomic E-state index is 14.3. The van der Waals surface area contributed by atoms with Crippen molar-refractivity contribution in [3.63, 3.8) is 0 Å². The zero-order valence-corrected chi connectivity index (χ0v) is 17.9. The molecule has 5 heterocycles. The van der Waals surface area contributed by atoms with Crippen LogP contribution in [0.4, 0.5) is 4.39 Å². The highest BCUT2D eigenvalue weighted by atomic mass is 19.1. The second-order valence-corrected chi connectivity index (χ2v) is 8.45. The summed E-state index contributed by atoms with van der Waals surface area (Å²) >= 11 is 0. The summed E-state index contributed by atoms with van der Waals surface area (Å²) in [6.45, 7) is 4.20. The Labute approximate surface area is 184 Å². The van der Waals surface area contributed by atoms with E-state index in [1.807, 2.05) is 17.9 Å². The molecule has 3 fully saturated rings. The number of aryl methyl sites for hydroxylation is 2. The largest absolute Gasteiger partial charge is 0.469 e. The van der Waals surface area contributed by atoms with Gasteiger partial charge in [0.2, 0.25) is 0 Å². The molecule has 0 spiro atoms. The lowest BCUT2D eigenvalue weighted by Crippen LogP contribution is -2.59. The van der Waals surface area contributed by atoms with Crippen molar-refractivity contribution in [2.24, 2.45) is 5.92 Å². The molecule has 2 bridgehead atoms. The van der Waals surface area contributed by atoms with E-state index in [9.17, 15) is 9.18 Å². The normalized spacial score (nSPS) is 22.1. The molecule has 2 aliphatic heterocycles. The Morgan fingerprint density at radius 1 is 1.12 bits per heavy atom. The first-order chi connectivity index (χ1) is 15.5. The van der Waals surface area contributed by atoms with Crippen molar-refractivity contribution >= 4 is 5.91 Å². The van der Waals surface area contributed by atoms with Crippen LogP contribution < -0.4 is 4.74 Å². The summed E-state index contributed by atoms with van der Waals surface area (Å²) in [6.07, 6.45) is 8.65. The fraction of sp³-hybridized carbons (Fsp3) is 0.391. The van der Waals surface area contributed by atoms with E-state index in [-0.39, 0.29) is 29.9 Å². The van der Waals surface area contributed by atoms with Crippen molar-refractivity contribution in [1.29, 1.82) is 0 Å². The van der Waals surface area contributed by atoms with Crippen molar-refractivity contribution in [3.8, 4) is 17.4 Å². The Balaban J connectivity index is 1.45. The summed E-state index contributed by atoms with van der Waals surface area (Å²) in [7, 11) is 0. The number of rotatable bonds is 4. The molecule has 0 aromatic carbocycles. The molecule has 164 valence electrons. The first-order valence-electron chi connectivity index (χ1n) is 10.7. The minimum Gasteiger partial charge on any atom is -0.469 e. The lowest BCUT2D eigenvalue weighted by molar-refractivity contribution is -0.0329. The predicted octanol–water partition coefficient (Wildman–Crippen LogP) is 3.16. The standard InChI is InChI=1S/C23H23FN6O2/c1-13-8-16(19(27-10-13)21-25-6-3-7-26-21)23(31)30-12-15-4-5-17(30)18(9-15)32-22-20(24)29-14(2)11-28-22/h3,6-8,10-11,15,17-18H,4-5,9,12H2,1-2H3. The Morgan fingerprint density at radius 2 is 1.94 bits per heavy atom. The van der Waals surface area contributed by atoms with Crippen molar-refractivity contribution in [2.45, 2.75) is 45.3 Å². The number of ether oxygens (including phenoxy) is 1. The highest BCUT2D eigenvalue weighted by Crippen LogP contribution is 2.38. The molecule has 3 unspecified atom stereocenters. The van der Waals surface area contributed by atoms with E-state index in [4.69, 9.17) is 4.74 Å². The molecule has 1 amide bonds. The highest BCUT2D eigenvalue weighted by Gasteiger charge is 2.45. The van der Waals surface area contributed by atoms with Crippen LogP contribution in [0, 0.1) is 25.7 Å². The van der Waals surface area contributed by atoms with Crippen LogP contribution in [0.5, 0.6) is 5.88 Å². The Morgan fingerprint density at radius 3 is 2.69 bits per heavy atom. The van der Waals surface area contributed by atoms with Crippen molar-refractivity contribution < 1.29 is 13.9 Å². The third-order valence-electron chi connectivity index (χ3n) is 6.10. The van der Waals surface area contributed by atoms with Gasteiger partial charge in [-0.1, -0.05) is 0 Å². The molecule has 3 aromatic rings. The van der Waals surface area contributed by atoms with Gasteiger partial charge in [0, 0.05) is 25.1 Å². The van der Waals surface area contributed by atoms with Gasteiger partial charge in [0.15, 0.2) is 5.82 Å². The van der Waals surface area contributed by atoms with E-state index in [2.05, 4.69) is 24.9 Å². The van der Waals surface area contributed by atoms with Gasteiger partial charge in [-0.2, -0.15) is 4.39 Å². The van der Waals surface area contributed by atoms with Crippen LogP contribution in [0.3, 0.4) is 0 Å². The summed E-state index contributed by atoms with van der Waals surface area (Å²) in [5.74, 6) is -0.290. The number of carbonyl (C=O) groups is 1. The van der Waals surface area contributed by atoms with Crippen molar-refractivity contribution in [1.82, 2.24) is 29.8 Å². The van der Waals surface area contributed by atoms with Gasteiger partial charge in [-0.15, -0.1) is 0 Å². The van der Waals surface area contributed by atoms with E-state index < -0.39 is 5.95 Å². The molecule has 1 aliphatic carbocycles. The number of hydrogen-bond acceptors (Lipinski definition) is 7. The number of fused-ring (bicyclic) bond motifs is 3. The minimum absolute atomic E-state index is 0.115. The quantitative estimate of drug-likeness (QED) is 0.623. The summed E-state index contributed by atoms with van der Waals surface area (Å²) in [4.78, 5) is 36.4. The Bertz CT molecular complexity index is 1160. The molecule has 2 saturated heterocycles. The van der Waals surface area contributed by atoms with Gasteiger partial charge < -0.3 is 9.64 Å². The number of piperidine rings is 2. The van der Waals surface area contributed by atoms with Gasteiger partial charge in [0.05, 0.1) is 23.5 Å². The number of halogens is 1. The molecule has 1 saturated carbocycles. The zero-order valence-electron chi connectivity index (χ0n) is 17.9. The molecule has 32 heavy (non-hydrogen) atoms. The Kier molecular flexibility index (Phi) is 5.24. The van der Waals surface area contributed by atoms with Crippen LogP contribution in [0.1, 0.15) is 40.9 Å². The highest BCUT2D eigenvalue weighted by molar-refractivity contribution is 5.99. The van der Waals surface area contributed by atoms with Gasteiger partial charge >= 0.3 is 0 Å². The van der Waals surface area contributed by atoms with E-state index in [1.54, 1.807) is 31.6 Å². The van der Waals surface area contributed by atoms with Gasteiger partial charge in [0.25, 0.3) is 17.7 Å². The van der Waals surface area contributed by atoms with E-state index in [0.717, 1.165) is 24.8 Å². The number of amides is 1. The summed E-state index contributed by atoms with van der Waals surface area (Å²) in [5.41, 5.74) is 2.28. The molecule has 8 nitrogen and oxygen atoms in total. The molecule has 0 radical (unpaired) electrons. The lowest BCUT2D eigenvalue weighted by Gasteiger charge is -2.49. The third kappa shape index (κ3) is 3.79. The van der Waals surface area contributed by atoms with Gasteiger partial charge in [-0.05, 0) is 56.7 Å². The summed E-state index contributed by atoms with van der Waals surface area (Å²) in [5, 5.41) is 0. The zero-order chi connectivity index (χ0) is 22.2. The van der Waals surface area contributed by atoms with Crippen LogP contribution in [0.2, 0.25) is 0 Å². The number of nitrogens with zero attached hydrogens (tertiary/aromatic N) is 6. The average Bonchev–Trinajstić information content (AvgIpc) is 2.81. The average molecular weight is 434 g/mol. The van der Waals surface area contributed by atoms with Crippen LogP contribution in [-0.4, -0.2) is 54.4 Å². The molecule has 3 aliphatic rings. The summed E-state index contributed by atoms with van der Waals surface area (Å²) < 4.78 is 20.2. The lowest BCUT2D eigenvalue weighted by atomic mass is 9.77. The van der Waals surface area contributed by atoms with Crippen molar-refractivity contribution in [2.75, 3.05) is 6.54 Å². The monoisotopic (exact) mass is 434 g/mol. The Hall–Kier alpha value is -3.49. The second-order valence-electron chi connectivity index (χ2n) is 8.45. The molecular formula is C23H23FN6O2. The van der Waals surface area contributed by atoms with Crippen LogP contribution >= 0.6 is 0 Å². The molecule has 0 N–H and O–H groups in total. The second kappa shape index (κ2) is 8.22. The maximum Gasteiger partial charge on any atom is 0.275 e. The number of carbonyl (C=O) groups excluding carboxylic acids is 1. The van der Waals surface area contributed by atoms with Gasteiger partial charge in [-0.25, -0.2) is 19.9 Å². The van der Waals surface area contributed by atoms with E-state index in [0.29, 0.717) is 29.3 Å². The smallest absolute Gasteiger partial charge is 0.275 e. The molecule has 9 heteroatoms. The minimum atomic E-state index is -0.726. The maximum absolute atomic E-state index is 14.3. The van der Waals surface area contributed by atoms with Crippen molar-refractivity contribution in [3.05, 3.63) is 59.7 Å². The van der Waals surface area contributed by atoms with Gasteiger partial charge in [-0.3, -0.25) is 9.78 Å². The molecular weight excluding hydrogens is 411 g/mol. The number of hydrogen-bond donors (Lipinski definition) is 0. The molecule has 6 rings (SSSR count). The van der Waals surface area contributed by atoms with E-state index in [1.165, 1.54) is 6.20 Å². The first kappa shape index (κ1) is 20.4. The fourth-order valence-corrected chi connectivity index (χ4v) is 4.64.